The van der Waals surface area contributed by atoms with Gasteiger partial charge in [0.1, 0.15) is 6.04 Å². The Bertz CT molecular complexity index is 263. The summed E-state index contributed by atoms with van der Waals surface area (Å²) in [6, 6.07) is -0.292. The maximum atomic E-state index is 11.1. The maximum absolute atomic E-state index is 11.1. The first-order chi connectivity index (χ1) is 5.27. The van der Waals surface area contributed by atoms with Crippen molar-refractivity contribution >= 4 is 11.9 Å². The maximum Gasteiger partial charge on any atom is 0.324 e. The molecular formula is C7H8N2O2. The molecule has 0 radical (unpaired) electrons. The number of fused-ring (bicyclic) bond motifs is 3. The van der Waals surface area contributed by atoms with Crippen LogP contribution in [0, 0.1) is 11.8 Å². The van der Waals surface area contributed by atoms with Crippen molar-refractivity contribution in [1.82, 2.24) is 10.2 Å². The molecule has 0 aromatic rings. The third-order valence-electron chi connectivity index (χ3n) is 2.91. The molecule has 0 spiro atoms. The van der Waals surface area contributed by atoms with Crippen LogP contribution in [0.2, 0.25) is 0 Å². The summed E-state index contributed by atoms with van der Waals surface area (Å²) in [5.41, 5.74) is 0. The lowest BCUT2D eigenvalue weighted by Crippen LogP contribution is -2.32. The number of imide groups is 1. The second kappa shape index (κ2) is 1.42. The molecule has 3 amide bonds. The molecule has 2 heterocycles. The summed E-state index contributed by atoms with van der Waals surface area (Å²) in [6.45, 7) is 0.799. The van der Waals surface area contributed by atoms with Crippen molar-refractivity contribution in [2.24, 2.45) is 11.8 Å². The highest BCUT2D eigenvalue weighted by Gasteiger charge is 2.60. The fourth-order valence-electron chi connectivity index (χ4n) is 2.26. The lowest BCUT2D eigenvalue weighted by Gasteiger charge is -2.13. The van der Waals surface area contributed by atoms with Crippen LogP contribution in [0.1, 0.15) is 6.42 Å². The van der Waals surface area contributed by atoms with Crippen molar-refractivity contribution in [3.63, 3.8) is 0 Å². The highest BCUT2D eigenvalue weighted by atomic mass is 16.2. The molecule has 0 aromatic heterocycles. The topological polar surface area (TPSA) is 49.4 Å². The normalized spacial score (nSPS) is 45.5. The van der Waals surface area contributed by atoms with Gasteiger partial charge in [-0.05, 0) is 18.3 Å². The molecule has 4 heteroatoms. The van der Waals surface area contributed by atoms with E-state index in [0.29, 0.717) is 11.8 Å². The molecule has 3 rings (SSSR count). The van der Waals surface area contributed by atoms with Gasteiger partial charge in [0.2, 0.25) is 0 Å². The van der Waals surface area contributed by atoms with Crippen LogP contribution < -0.4 is 5.32 Å². The van der Waals surface area contributed by atoms with E-state index in [1.807, 2.05) is 0 Å². The van der Waals surface area contributed by atoms with Gasteiger partial charge in [-0.2, -0.15) is 0 Å². The summed E-state index contributed by atoms with van der Waals surface area (Å²) in [5, 5.41) is 2.32. The first-order valence-electron chi connectivity index (χ1n) is 3.89. The van der Waals surface area contributed by atoms with Gasteiger partial charge in [0, 0.05) is 6.54 Å². The molecule has 4 nitrogen and oxygen atoms in total. The van der Waals surface area contributed by atoms with Crippen LogP contribution >= 0.6 is 0 Å². The predicted molar refractivity (Wildman–Crippen MR) is 35.6 cm³/mol. The van der Waals surface area contributed by atoms with Crippen LogP contribution in [0.3, 0.4) is 0 Å². The Morgan fingerprint density at radius 3 is 3.00 bits per heavy atom. The lowest BCUT2D eigenvalue weighted by atomic mass is 10.2. The van der Waals surface area contributed by atoms with Crippen molar-refractivity contribution < 1.29 is 9.59 Å². The lowest BCUT2D eigenvalue weighted by molar-refractivity contribution is -0.121. The number of amides is 3. The number of hydrogen-bond donors (Lipinski definition) is 1. The second-order valence-electron chi connectivity index (χ2n) is 3.55. The van der Waals surface area contributed by atoms with Crippen molar-refractivity contribution in [3.05, 3.63) is 0 Å². The number of carbonyl (C=O) groups is 2. The first-order valence-corrected chi connectivity index (χ1v) is 3.89. The summed E-state index contributed by atoms with van der Waals surface area (Å²) < 4.78 is 0. The monoisotopic (exact) mass is 152 g/mol. The molecule has 58 valence electrons. The van der Waals surface area contributed by atoms with Crippen molar-refractivity contribution in [1.29, 1.82) is 0 Å². The average molecular weight is 152 g/mol. The molecule has 1 aliphatic carbocycles. The molecular weight excluding hydrogens is 144 g/mol. The Hall–Kier alpha value is -1.06. The van der Waals surface area contributed by atoms with E-state index in [2.05, 4.69) is 5.32 Å². The number of rotatable bonds is 0. The molecule has 2 aliphatic heterocycles. The summed E-state index contributed by atoms with van der Waals surface area (Å²) >= 11 is 0. The molecule has 0 aromatic carbocycles. The molecule has 3 atom stereocenters. The highest BCUT2D eigenvalue weighted by Crippen LogP contribution is 2.50. The van der Waals surface area contributed by atoms with E-state index < -0.39 is 0 Å². The Balaban J connectivity index is 2.00. The van der Waals surface area contributed by atoms with Crippen molar-refractivity contribution in [2.45, 2.75) is 12.5 Å². The third kappa shape index (κ3) is 0.514. The van der Waals surface area contributed by atoms with Gasteiger partial charge in [-0.1, -0.05) is 0 Å². The number of carbonyl (C=O) groups excluding carboxylic acids is 2. The molecule has 3 unspecified atom stereocenters. The Kier molecular flexibility index (Phi) is 0.718. The number of urea groups is 1. The molecule has 0 bridgehead atoms. The Morgan fingerprint density at radius 2 is 2.27 bits per heavy atom. The van der Waals surface area contributed by atoms with Gasteiger partial charge in [-0.15, -0.1) is 0 Å². The number of nitrogens with zero attached hydrogens (tertiary/aromatic N) is 1. The standard InChI is InChI=1S/C7H8N2O2/c10-6-5-4-1-3(4)2-9(5)7(11)8-6/h3-5H,1-2H2,(H,8,10,11). The van der Waals surface area contributed by atoms with Gasteiger partial charge in [-0.25, -0.2) is 4.79 Å². The van der Waals surface area contributed by atoms with Gasteiger partial charge in [0.05, 0.1) is 0 Å². The zero-order valence-electron chi connectivity index (χ0n) is 5.91. The van der Waals surface area contributed by atoms with E-state index in [1.165, 1.54) is 0 Å². The van der Waals surface area contributed by atoms with Crippen LogP contribution in [0.5, 0.6) is 0 Å². The summed E-state index contributed by atoms with van der Waals surface area (Å²) in [7, 11) is 0. The molecule has 1 N–H and O–H groups in total. The van der Waals surface area contributed by atoms with Crippen LogP contribution in [-0.4, -0.2) is 29.4 Å². The van der Waals surface area contributed by atoms with E-state index in [4.69, 9.17) is 0 Å². The zero-order chi connectivity index (χ0) is 7.59. The highest BCUT2D eigenvalue weighted by molar-refractivity contribution is 6.05. The number of piperidine rings is 1. The van der Waals surface area contributed by atoms with Gasteiger partial charge in [-0.3, -0.25) is 10.1 Å². The summed E-state index contributed by atoms with van der Waals surface area (Å²) in [6.07, 6.45) is 1.14. The van der Waals surface area contributed by atoms with Crippen molar-refractivity contribution in [3.8, 4) is 0 Å². The van der Waals surface area contributed by atoms with Crippen LogP contribution in [0.25, 0.3) is 0 Å². The SMILES string of the molecule is O=C1NC(=O)N2CC3CC3C12. The minimum atomic E-state index is -0.188. The van der Waals surface area contributed by atoms with Gasteiger partial charge in [0.15, 0.2) is 0 Å². The van der Waals surface area contributed by atoms with Crippen LogP contribution in [0.4, 0.5) is 4.79 Å². The van der Waals surface area contributed by atoms with E-state index >= 15 is 0 Å². The van der Waals surface area contributed by atoms with Crippen molar-refractivity contribution in [2.75, 3.05) is 6.54 Å². The number of nitrogens with one attached hydrogen (secondary N) is 1. The average Bonchev–Trinajstić information content (AvgIpc) is 2.51. The smallest absolute Gasteiger partial charge is 0.312 e. The fourth-order valence-corrected chi connectivity index (χ4v) is 2.26. The van der Waals surface area contributed by atoms with Gasteiger partial charge in [0.25, 0.3) is 5.91 Å². The molecule has 1 saturated carbocycles. The Morgan fingerprint density at radius 1 is 1.45 bits per heavy atom. The van der Waals surface area contributed by atoms with Crippen LogP contribution in [-0.2, 0) is 4.79 Å². The molecule has 2 saturated heterocycles. The number of hydrogen-bond acceptors (Lipinski definition) is 2. The van der Waals surface area contributed by atoms with Crippen LogP contribution in [0.15, 0.2) is 0 Å². The predicted octanol–water partition coefficient (Wildman–Crippen LogP) is -0.444. The van der Waals surface area contributed by atoms with E-state index in [-0.39, 0.29) is 18.0 Å². The Labute approximate surface area is 63.5 Å². The quantitative estimate of drug-likeness (QED) is 0.478. The summed E-state index contributed by atoms with van der Waals surface area (Å²) in [5.74, 6) is 1.04. The fraction of sp³-hybridized carbons (Fsp3) is 0.714. The molecule has 3 fully saturated rings. The molecule has 3 aliphatic rings. The zero-order valence-corrected chi connectivity index (χ0v) is 5.91. The largest absolute Gasteiger partial charge is 0.324 e. The van der Waals surface area contributed by atoms with E-state index in [0.717, 1.165) is 13.0 Å². The minimum Gasteiger partial charge on any atom is -0.312 e. The van der Waals surface area contributed by atoms with Gasteiger partial charge < -0.3 is 4.90 Å². The second-order valence-corrected chi connectivity index (χ2v) is 3.55. The third-order valence-corrected chi connectivity index (χ3v) is 2.91. The molecule has 11 heavy (non-hydrogen) atoms. The van der Waals surface area contributed by atoms with E-state index in [1.54, 1.807) is 4.90 Å². The summed E-state index contributed by atoms with van der Waals surface area (Å²) in [4.78, 5) is 23.8. The van der Waals surface area contributed by atoms with E-state index in [9.17, 15) is 9.59 Å². The van der Waals surface area contributed by atoms with Gasteiger partial charge >= 0.3 is 6.03 Å². The minimum absolute atomic E-state index is 0.0833. The first kappa shape index (κ1) is 5.57.